The Hall–Kier alpha value is -3.82. The summed E-state index contributed by atoms with van der Waals surface area (Å²) in [6.07, 6.45) is 0.773. The number of nitrogens with one attached hydrogen (secondary N) is 1. The van der Waals surface area contributed by atoms with Gasteiger partial charge in [-0.2, -0.15) is 0 Å². The molecule has 0 aromatic heterocycles. The number of ether oxygens (including phenoxy) is 1. The summed E-state index contributed by atoms with van der Waals surface area (Å²) in [5, 5.41) is 13.4. The number of carbonyl (C=O) groups excluding carboxylic acids is 1. The van der Waals surface area contributed by atoms with Crippen LogP contribution >= 0.6 is 0 Å². The summed E-state index contributed by atoms with van der Waals surface area (Å²) in [5.74, 6) is 6.72. The number of benzene rings is 3. The number of nitrogens with zero attached hydrogens (tertiary/aromatic N) is 1. The minimum absolute atomic E-state index is 0.0173. The van der Waals surface area contributed by atoms with Gasteiger partial charge in [0.1, 0.15) is 11.6 Å². The number of aliphatic hydroxyl groups is 1. The monoisotopic (exact) mass is 456 g/mol. The summed E-state index contributed by atoms with van der Waals surface area (Å²) < 4.78 is 18.7. The number of halogens is 1. The summed E-state index contributed by atoms with van der Waals surface area (Å²) >= 11 is 0. The standard InChI is InChI=1S/C28H25FN2O3/c1-34-22-4-2-3-18(15-22)5-6-19-7-12-25-24(16-19)27-23(26(17-32)30-25)13-14-31(27)28(33)20-8-10-21(29)11-9-20/h2-4,7-12,15-16,23,26-27,30,32H,13-14,17H2,1H3/t23-,26+,27-/m0/s1. The van der Waals surface area contributed by atoms with Gasteiger partial charge in [0.2, 0.25) is 0 Å². The Labute approximate surface area is 198 Å². The van der Waals surface area contributed by atoms with Crippen LogP contribution in [0.3, 0.4) is 0 Å². The lowest BCUT2D eigenvalue weighted by molar-refractivity contribution is 0.0701. The van der Waals surface area contributed by atoms with Crippen LogP contribution in [0.1, 0.15) is 39.5 Å². The van der Waals surface area contributed by atoms with Crippen LogP contribution in [-0.2, 0) is 0 Å². The quantitative estimate of drug-likeness (QED) is 0.580. The van der Waals surface area contributed by atoms with Gasteiger partial charge in [0, 0.05) is 34.8 Å². The molecule has 1 saturated heterocycles. The van der Waals surface area contributed by atoms with E-state index in [1.807, 2.05) is 47.4 Å². The molecule has 2 aliphatic heterocycles. The van der Waals surface area contributed by atoms with Crippen molar-refractivity contribution in [2.24, 2.45) is 5.92 Å². The van der Waals surface area contributed by atoms with Crippen molar-refractivity contribution in [1.82, 2.24) is 4.90 Å². The number of hydrogen-bond acceptors (Lipinski definition) is 4. The first-order valence-electron chi connectivity index (χ1n) is 11.3. The van der Waals surface area contributed by atoms with Gasteiger partial charge < -0.3 is 20.1 Å². The molecule has 0 spiro atoms. The SMILES string of the molecule is COc1cccc(C#Cc2ccc3c(c2)[C@@H]2[C@@H](CCN2C(=O)c2ccc(F)cc2)[C@@H](CO)N3)c1. The maximum atomic E-state index is 13.4. The Morgan fingerprint density at radius 3 is 2.62 bits per heavy atom. The van der Waals surface area contributed by atoms with Crippen molar-refractivity contribution in [3.05, 3.63) is 94.8 Å². The molecular formula is C28H25FN2O3. The molecule has 0 unspecified atom stereocenters. The molecule has 2 heterocycles. The zero-order chi connectivity index (χ0) is 23.7. The van der Waals surface area contributed by atoms with Crippen molar-refractivity contribution in [3.63, 3.8) is 0 Å². The molecule has 1 fully saturated rings. The van der Waals surface area contributed by atoms with E-state index < -0.39 is 0 Å². The summed E-state index contributed by atoms with van der Waals surface area (Å²) in [7, 11) is 1.62. The van der Waals surface area contributed by atoms with Crippen LogP contribution < -0.4 is 10.1 Å². The molecule has 3 aromatic rings. The van der Waals surface area contributed by atoms with E-state index in [1.165, 1.54) is 24.3 Å². The lowest BCUT2D eigenvalue weighted by Gasteiger charge is -2.39. The molecule has 5 nitrogen and oxygen atoms in total. The van der Waals surface area contributed by atoms with E-state index in [9.17, 15) is 14.3 Å². The zero-order valence-electron chi connectivity index (χ0n) is 18.8. The van der Waals surface area contributed by atoms with Crippen LogP contribution in [0.25, 0.3) is 0 Å². The largest absolute Gasteiger partial charge is 0.497 e. The third-order valence-corrected chi connectivity index (χ3v) is 6.64. The van der Waals surface area contributed by atoms with Crippen molar-refractivity contribution in [2.45, 2.75) is 18.5 Å². The molecule has 5 rings (SSSR count). The van der Waals surface area contributed by atoms with E-state index >= 15 is 0 Å². The Morgan fingerprint density at radius 1 is 1.12 bits per heavy atom. The first-order chi connectivity index (χ1) is 16.6. The lowest BCUT2D eigenvalue weighted by Crippen LogP contribution is -2.42. The van der Waals surface area contributed by atoms with Gasteiger partial charge in [-0.3, -0.25) is 4.79 Å². The first-order valence-corrected chi connectivity index (χ1v) is 11.3. The predicted molar refractivity (Wildman–Crippen MR) is 128 cm³/mol. The molecule has 172 valence electrons. The first kappa shape index (κ1) is 22.0. The summed E-state index contributed by atoms with van der Waals surface area (Å²) in [4.78, 5) is 15.2. The molecule has 2 aliphatic rings. The fourth-order valence-corrected chi connectivity index (χ4v) is 4.97. The number of hydrogen-bond donors (Lipinski definition) is 2. The molecule has 3 aromatic carbocycles. The van der Waals surface area contributed by atoms with Crippen molar-refractivity contribution in [3.8, 4) is 17.6 Å². The highest BCUT2D eigenvalue weighted by Gasteiger charge is 2.45. The molecule has 0 saturated carbocycles. The van der Waals surface area contributed by atoms with E-state index in [-0.39, 0.29) is 36.3 Å². The average Bonchev–Trinajstić information content (AvgIpc) is 3.33. The number of carbonyl (C=O) groups is 1. The van der Waals surface area contributed by atoms with Crippen LogP contribution in [-0.4, -0.2) is 42.2 Å². The molecule has 34 heavy (non-hydrogen) atoms. The molecule has 0 aliphatic carbocycles. The van der Waals surface area contributed by atoms with Gasteiger partial charge >= 0.3 is 0 Å². The van der Waals surface area contributed by atoms with Crippen LogP contribution in [0, 0.1) is 23.6 Å². The highest BCUT2D eigenvalue weighted by molar-refractivity contribution is 5.95. The number of rotatable bonds is 3. The maximum Gasteiger partial charge on any atom is 0.254 e. The fraction of sp³-hybridized carbons (Fsp3) is 0.250. The van der Waals surface area contributed by atoms with Gasteiger partial charge in [-0.05, 0) is 72.6 Å². The molecule has 1 amide bonds. The number of aliphatic hydroxyl groups excluding tert-OH is 1. The zero-order valence-corrected chi connectivity index (χ0v) is 18.8. The molecule has 6 heteroatoms. The third-order valence-electron chi connectivity index (χ3n) is 6.64. The lowest BCUT2D eigenvalue weighted by atomic mass is 9.82. The Balaban J connectivity index is 1.50. The summed E-state index contributed by atoms with van der Waals surface area (Å²) in [5.41, 5.74) is 4.02. The van der Waals surface area contributed by atoms with Gasteiger partial charge in [0.25, 0.3) is 5.91 Å². The van der Waals surface area contributed by atoms with E-state index in [2.05, 4.69) is 17.2 Å². The topological polar surface area (TPSA) is 61.8 Å². The van der Waals surface area contributed by atoms with Crippen LogP contribution in [0.5, 0.6) is 5.75 Å². The van der Waals surface area contributed by atoms with Crippen molar-refractivity contribution < 1.29 is 19.0 Å². The molecule has 3 atom stereocenters. The second-order valence-electron chi connectivity index (χ2n) is 8.62. The Morgan fingerprint density at radius 2 is 1.88 bits per heavy atom. The highest BCUT2D eigenvalue weighted by atomic mass is 19.1. The number of likely N-dealkylation sites (tertiary alicyclic amines) is 1. The van der Waals surface area contributed by atoms with E-state index in [0.717, 1.165) is 34.5 Å². The minimum Gasteiger partial charge on any atom is -0.497 e. The van der Waals surface area contributed by atoms with Crippen molar-refractivity contribution in [1.29, 1.82) is 0 Å². The fourth-order valence-electron chi connectivity index (χ4n) is 4.97. The van der Waals surface area contributed by atoms with Gasteiger partial charge in [-0.15, -0.1) is 0 Å². The normalized spacial score (nSPS) is 20.4. The smallest absolute Gasteiger partial charge is 0.254 e. The van der Waals surface area contributed by atoms with Crippen LogP contribution in [0.15, 0.2) is 66.7 Å². The molecule has 2 N–H and O–H groups in total. The molecule has 0 radical (unpaired) electrons. The number of anilines is 1. The molecule has 0 bridgehead atoms. The number of fused-ring (bicyclic) bond motifs is 3. The van der Waals surface area contributed by atoms with Crippen LogP contribution in [0.4, 0.5) is 10.1 Å². The summed E-state index contributed by atoms with van der Waals surface area (Å²) in [6, 6.07) is 18.8. The van der Waals surface area contributed by atoms with Gasteiger partial charge in [0.15, 0.2) is 0 Å². The Bertz CT molecular complexity index is 1280. The van der Waals surface area contributed by atoms with E-state index in [0.29, 0.717) is 12.1 Å². The van der Waals surface area contributed by atoms with Crippen LogP contribution in [0.2, 0.25) is 0 Å². The number of methoxy groups -OCH3 is 1. The Kier molecular flexibility index (Phi) is 5.95. The minimum atomic E-state index is -0.373. The van der Waals surface area contributed by atoms with Crippen molar-refractivity contribution in [2.75, 3.05) is 25.6 Å². The second kappa shape index (κ2) is 9.20. The highest BCUT2D eigenvalue weighted by Crippen LogP contribution is 2.47. The maximum absolute atomic E-state index is 13.4. The van der Waals surface area contributed by atoms with E-state index in [1.54, 1.807) is 7.11 Å². The second-order valence-corrected chi connectivity index (χ2v) is 8.62. The molecular weight excluding hydrogens is 431 g/mol. The van der Waals surface area contributed by atoms with Gasteiger partial charge in [-0.1, -0.05) is 17.9 Å². The van der Waals surface area contributed by atoms with Crippen molar-refractivity contribution >= 4 is 11.6 Å². The summed E-state index contributed by atoms with van der Waals surface area (Å²) in [6.45, 7) is 0.555. The third kappa shape index (κ3) is 4.11. The van der Waals surface area contributed by atoms with Gasteiger partial charge in [0.05, 0.1) is 25.8 Å². The van der Waals surface area contributed by atoms with E-state index in [4.69, 9.17) is 4.74 Å². The van der Waals surface area contributed by atoms with Gasteiger partial charge in [-0.25, -0.2) is 4.39 Å². The average molecular weight is 457 g/mol. The number of amides is 1. The predicted octanol–water partition coefficient (Wildman–Crippen LogP) is 4.22.